The van der Waals surface area contributed by atoms with Crippen molar-refractivity contribution in [2.75, 3.05) is 7.11 Å². The molecule has 0 saturated heterocycles. The minimum atomic E-state index is 0.0568. The largest absolute Gasteiger partial charge is 0.496 e. The summed E-state index contributed by atoms with van der Waals surface area (Å²) in [5, 5.41) is 8.89. The van der Waals surface area contributed by atoms with Crippen LogP contribution in [-0.4, -0.2) is 7.11 Å². The Morgan fingerprint density at radius 3 is 2.50 bits per heavy atom. The summed E-state index contributed by atoms with van der Waals surface area (Å²) >= 11 is 3.67. The molecule has 0 saturated carbocycles. The predicted octanol–water partition coefficient (Wildman–Crippen LogP) is 4.05. The number of ether oxygens (including phenoxy) is 1. The Bertz CT molecular complexity index is 575. The summed E-state index contributed by atoms with van der Waals surface area (Å²) in [7, 11) is 1.62. The van der Waals surface area contributed by atoms with Gasteiger partial charge in [0.1, 0.15) is 5.75 Å². The molecular formula is C15H12BrNO. The minimum Gasteiger partial charge on any atom is -0.496 e. The molecule has 0 heterocycles. The fraction of sp³-hybridized carbons (Fsp3) is 0.133. The lowest BCUT2D eigenvalue weighted by atomic mass is 10.0. The molecule has 1 atom stereocenters. The molecule has 0 N–H and O–H groups in total. The zero-order valence-electron chi connectivity index (χ0n) is 9.93. The molecule has 2 aromatic carbocycles. The molecular weight excluding hydrogens is 290 g/mol. The third-order valence-electron chi connectivity index (χ3n) is 2.73. The normalized spacial score (nSPS) is 11.6. The van der Waals surface area contributed by atoms with E-state index in [1.54, 1.807) is 19.2 Å². The van der Waals surface area contributed by atoms with E-state index in [1.165, 1.54) is 0 Å². The van der Waals surface area contributed by atoms with Crippen LogP contribution in [0.2, 0.25) is 0 Å². The lowest BCUT2D eigenvalue weighted by molar-refractivity contribution is 0.410. The summed E-state index contributed by atoms with van der Waals surface area (Å²) < 4.78 is 5.35. The molecule has 0 radical (unpaired) electrons. The number of hydrogen-bond acceptors (Lipinski definition) is 2. The van der Waals surface area contributed by atoms with Gasteiger partial charge in [-0.15, -0.1) is 0 Å². The monoisotopic (exact) mass is 301 g/mol. The Balaban J connectivity index is 2.42. The smallest absolute Gasteiger partial charge is 0.124 e. The molecule has 0 aliphatic rings. The topological polar surface area (TPSA) is 33.0 Å². The first-order valence-corrected chi connectivity index (χ1v) is 6.45. The van der Waals surface area contributed by atoms with Crippen LogP contribution in [0.5, 0.6) is 5.75 Å². The number of alkyl halides is 1. The molecule has 0 spiro atoms. The van der Waals surface area contributed by atoms with E-state index >= 15 is 0 Å². The van der Waals surface area contributed by atoms with Gasteiger partial charge in [0.2, 0.25) is 0 Å². The van der Waals surface area contributed by atoms with Gasteiger partial charge in [0.05, 0.1) is 23.6 Å². The Morgan fingerprint density at radius 1 is 1.17 bits per heavy atom. The molecule has 0 amide bonds. The molecule has 2 rings (SSSR count). The Morgan fingerprint density at radius 2 is 1.89 bits per heavy atom. The summed E-state index contributed by atoms with van der Waals surface area (Å²) in [6.45, 7) is 0. The number of benzene rings is 2. The van der Waals surface area contributed by atoms with E-state index in [0.29, 0.717) is 5.56 Å². The predicted molar refractivity (Wildman–Crippen MR) is 74.9 cm³/mol. The number of nitrogens with zero attached hydrogens (tertiary/aromatic N) is 1. The lowest BCUT2D eigenvalue weighted by Crippen LogP contribution is -1.97. The van der Waals surface area contributed by atoms with E-state index in [0.717, 1.165) is 16.9 Å². The zero-order valence-corrected chi connectivity index (χ0v) is 11.5. The van der Waals surface area contributed by atoms with Gasteiger partial charge in [-0.3, -0.25) is 0 Å². The second-order valence-corrected chi connectivity index (χ2v) is 4.76. The first-order chi connectivity index (χ1) is 8.76. The standard InChI is InChI=1S/C15H12BrNO/c1-18-14-9-11(10-17)7-8-13(14)15(16)12-5-3-2-4-6-12/h2-9,15H,1H3. The Kier molecular flexibility index (Phi) is 4.01. The van der Waals surface area contributed by atoms with Gasteiger partial charge in [-0.1, -0.05) is 52.3 Å². The van der Waals surface area contributed by atoms with Crippen LogP contribution in [0.3, 0.4) is 0 Å². The summed E-state index contributed by atoms with van der Waals surface area (Å²) in [6.07, 6.45) is 0. The van der Waals surface area contributed by atoms with Crippen molar-refractivity contribution in [2.45, 2.75) is 4.83 Å². The van der Waals surface area contributed by atoms with Gasteiger partial charge in [0.15, 0.2) is 0 Å². The van der Waals surface area contributed by atoms with Crippen LogP contribution >= 0.6 is 15.9 Å². The molecule has 2 aromatic rings. The van der Waals surface area contributed by atoms with Crippen molar-refractivity contribution in [1.82, 2.24) is 0 Å². The van der Waals surface area contributed by atoms with Crippen molar-refractivity contribution in [3.05, 3.63) is 65.2 Å². The number of methoxy groups -OCH3 is 1. The van der Waals surface area contributed by atoms with Gasteiger partial charge in [0.25, 0.3) is 0 Å². The molecule has 1 unspecified atom stereocenters. The van der Waals surface area contributed by atoms with Crippen LogP contribution in [0.4, 0.5) is 0 Å². The Labute approximate surface area is 115 Å². The molecule has 0 aliphatic heterocycles. The third kappa shape index (κ3) is 2.55. The van der Waals surface area contributed by atoms with Gasteiger partial charge in [-0.25, -0.2) is 0 Å². The highest BCUT2D eigenvalue weighted by Gasteiger charge is 2.15. The highest BCUT2D eigenvalue weighted by atomic mass is 79.9. The maximum atomic E-state index is 8.89. The molecule has 0 aromatic heterocycles. The number of rotatable bonds is 3. The quantitative estimate of drug-likeness (QED) is 0.801. The highest BCUT2D eigenvalue weighted by Crippen LogP contribution is 2.36. The molecule has 0 fully saturated rings. The van der Waals surface area contributed by atoms with Gasteiger partial charge in [-0.05, 0) is 17.7 Å². The summed E-state index contributed by atoms with van der Waals surface area (Å²) in [5.41, 5.74) is 2.77. The van der Waals surface area contributed by atoms with Crippen LogP contribution in [0, 0.1) is 11.3 Å². The summed E-state index contributed by atoms with van der Waals surface area (Å²) in [4.78, 5) is 0.0568. The van der Waals surface area contributed by atoms with Crippen LogP contribution < -0.4 is 4.74 Å². The van der Waals surface area contributed by atoms with Crippen LogP contribution in [-0.2, 0) is 0 Å². The molecule has 90 valence electrons. The highest BCUT2D eigenvalue weighted by molar-refractivity contribution is 9.09. The van der Waals surface area contributed by atoms with Crippen LogP contribution in [0.25, 0.3) is 0 Å². The van der Waals surface area contributed by atoms with E-state index in [-0.39, 0.29) is 4.83 Å². The zero-order chi connectivity index (χ0) is 13.0. The van der Waals surface area contributed by atoms with Gasteiger partial charge in [-0.2, -0.15) is 5.26 Å². The number of nitriles is 1. The van der Waals surface area contributed by atoms with Crippen molar-refractivity contribution in [3.63, 3.8) is 0 Å². The maximum Gasteiger partial charge on any atom is 0.124 e. The minimum absolute atomic E-state index is 0.0568. The first kappa shape index (κ1) is 12.7. The average molecular weight is 302 g/mol. The first-order valence-electron chi connectivity index (χ1n) is 5.53. The number of hydrogen-bond donors (Lipinski definition) is 0. The van der Waals surface area contributed by atoms with Gasteiger partial charge >= 0.3 is 0 Å². The Hall–Kier alpha value is -1.79. The van der Waals surface area contributed by atoms with E-state index in [9.17, 15) is 0 Å². The van der Waals surface area contributed by atoms with E-state index in [2.05, 4.69) is 34.1 Å². The van der Waals surface area contributed by atoms with Crippen molar-refractivity contribution in [2.24, 2.45) is 0 Å². The SMILES string of the molecule is COc1cc(C#N)ccc1C(Br)c1ccccc1. The third-order valence-corrected chi connectivity index (χ3v) is 3.75. The maximum absolute atomic E-state index is 8.89. The van der Waals surface area contributed by atoms with Crippen molar-refractivity contribution >= 4 is 15.9 Å². The van der Waals surface area contributed by atoms with Gasteiger partial charge in [0, 0.05) is 5.56 Å². The molecule has 0 aliphatic carbocycles. The fourth-order valence-corrected chi connectivity index (χ4v) is 2.48. The average Bonchev–Trinajstić information content (AvgIpc) is 2.46. The van der Waals surface area contributed by atoms with E-state index < -0.39 is 0 Å². The summed E-state index contributed by atoms with van der Waals surface area (Å²) in [5.74, 6) is 0.722. The van der Waals surface area contributed by atoms with E-state index in [4.69, 9.17) is 10.00 Å². The fourth-order valence-electron chi connectivity index (χ4n) is 1.79. The number of halogens is 1. The van der Waals surface area contributed by atoms with Crippen LogP contribution in [0.15, 0.2) is 48.5 Å². The molecule has 2 nitrogen and oxygen atoms in total. The van der Waals surface area contributed by atoms with Crippen molar-refractivity contribution in [3.8, 4) is 11.8 Å². The molecule has 3 heteroatoms. The second kappa shape index (κ2) is 5.70. The van der Waals surface area contributed by atoms with E-state index in [1.807, 2.05) is 24.3 Å². The van der Waals surface area contributed by atoms with Crippen LogP contribution in [0.1, 0.15) is 21.5 Å². The molecule has 18 heavy (non-hydrogen) atoms. The van der Waals surface area contributed by atoms with Crippen molar-refractivity contribution < 1.29 is 4.74 Å². The second-order valence-electron chi connectivity index (χ2n) is 3.84. The van der Waals surface area contributed by atoms with Gasteiger partial charge < -0.3 is 4.74 Å². The van der Waals surface area contributed by atoms with Crippen molar-refractivity contribution in [1.29, 1.82) is 5.26 Å². The summed E-state index contributed by atoms with van der Waals surface area (Å²) in [6, 6.07) is 17.7. The lowest BCUT2D eigenvalue weighted by Gasteiger charge is -2.14. The molecule has 0 bridgehead atoms.